The third-order valence-electron chi connectivity index (χ3n) is 4.48. The molecule has 1 aliphatic carbocycles. The molecule has 0 bridgehead atoms. The van der Waals surface area contributed by atoms with Crippen molar-refractivity contribution in [3.05, 3.63) is 22.4 Å². The normalized spacial score (nSPS) is 22.7. The van der Waals surface area contributed by atoms with E-state index >= 15 is 0 Å². The van der Waals surface area contributed by atoms with E-state index in [4.69, 9.17) is 0 Å². The number of hydrogen-bond donors (Lipinski definition) is 1. The molecule has 1 aromatic rings. The van der Waals surface area contributed by atoms with Gasteiger partial charge in [-0.25, -0.2) is 4.79 Å². The van der Waals surface area contributed by atoms with Crippen molar-refractivity contribution >= 4 is 29.2 Å². The number of imide groups is 2. The second kappa shape index (κ2) is 5.26. The van der Waals surface area contributed by atoms with Crippen LogP contribution in [0.2, 0.25) is 0 Å². The fourth-order valence-corrected chi connectivity index (χ4v) is 4.15. The molecule has 1 aliphatic heterocycles. The van der Waals surface area contributed by atoms with Gasteiger partial charge in [-0.15, -0.1) is 11.3 Å². The smallest absolute Gasteiger partial charge is 0.277 e. The van der Waals surface area contributed by atoms with E-state index in [9.17, 15) is 14.4 Å². The summed E-state index contributed by atoms with van der Waals surface area (Å²) < 4.78 is 0. The maximum atomic E-state index is 12.8. The first kappa shape index (κ1) is 14.3. The first-order valence-electron chi connectivity index (χ1n) is 7.26. The van der Waals surface area contributed by atoms with Crippen molar-refractivity contribution in [2.45, 2.75) is 45.1 Å². The van der Waals surface area contributed by atoms with Gasteiger partial charge in [-0.3, -0.25) is 19.8 Å². The van der Waals surface area contributed by atoms with Gasteiger partial charge in [0, 0.05) is 17.3 Å². The number of amides is 4. The number of carbonyl (C=O) groups excluding carboxylic acids is 3. The summed E-state index contributed by atoms with van der Waals surface area (Å²) in [6.45, 7) is 1.86. The van der Waals surface area contributed by atoms with Crippen LogP contribution in [0.15, 0.2) is 17.5 Å². The van der Waals surface area contributed by atoms with Gasteiger partial charge < -0.3 is 0 Å². The number of hydrogen-bond acceptors (Lipinski definition) is 4. The summed E-state index contributed by atoms with van der Waals surface area (Å²) in [5, 5.41) is 4.36. The Morgan fingerprint density at radius 3 is 2.67 bits per heavy atom. The Labute approximate surface area is 127 Å². The second-order valence-corrected chi connectivity index (χ2v) is 6.89. The van der Waals surface area contributed by atoms with Gasteiger partial charge in [-0.1, -0.05) is 18.9 Å². The largest absolute Gasteiger partial charge is 0.331 e. The van der Waals surface area contributed by atoms with Crippen LogP contribution < -0.4 is 5.32 Å². The summed E-state index contributed by atoms with van der Waals surface area (Å²) in [6.07, 6.45) is 3.45. The molecule has 112 valence electrons. The summed E-state index contributed by atoms with van der Waals surface area (Å²) in [5.41, 5.74) is -1.00. The highest BCUT2D eigenvalue weighted by atomic mass is 32.1. The van der Waals surface area contributed by atoms with Gasteiger partial charge in [0.1, 0.15) is 5.41 Å². The molecule has 1 unspecified atom stereocenters. The van der Waals surface area contributed by atoms with Crippen molar-refractivity contribution in [2.75, 3.05) is 0 Å². The van der Waals surface area contributed by atoms with Crippen molar-refractivity contribution < 1.29 is 14.4 Å². The number of nitrogens with one attached hydrogen (secondary N) is 1. The van der Waals surface area contributed by atoms with E-state index in [1.54, 1.807) is 11.3 Å². The predicted octanol–water partition coefficient (Wildman–Crippen LogP) is 2.32. The van der Waals surface area contributed by atoms with Crippen LogP contribution in [-0.2, 0) is 16.0 Å². The molecule has 4 amide bonds. The van der Waals surface area contributed by atoms with Crippen LogP contribution in [-0.4, -0.2) is 28.8 Å². The lowest BCUT2D eigenvalue weighted by molar-refractivity contribution is -0.152. The Kier molecular flexibility index (Phi) is 3.57. The zero-order chi connectivity index (χ0) is 15.0. The van der Waals surface area contributed by atoms with Gasteiger partial charge >= 0.3 is 6.03 Å². The molecule has 1 spiro atoms. The average Bonchev–Trinajstić information content (AvgIpc) is 3.08. The topological polar surface area (TPSA) is 66.5 Å². The third kappa shape index (κ3) is 2.27. The molecular weight excluding hydrogens is 288 g/mol. The first-order chi connectivity index (χ1) is 10.0. The number of thiophene rings is 1. The summed E-state index contributed by atoms with van der Waals surface area (Å²) in [6, 6.07) is 3.12. The highest BCUT2D eigenvalue weighted by molar-refractivity contribution is 7.09. The van der Waals surface area contributed by atoms with Crippen molar-refractivity contribution in [2.24, 2.45) is 5.41 Å². The Bertz CT molecular complexity index is 576. The fourth-order valence-electron chi connectivity index (χ4n) is 3.33. The Hall–Kier alpha value is -1.69. The summed E-state index contributed by atoms with van der Waals surface area (Å²) >= 11 is 1.61. The standard InChI is InChI=1S/C15H18N2O3S/c1-10(9-11-5-4-8-21-11)17-13(19)15(6-2-3-7-15)12(18)16-14(17)20/h4-5,8,10H,2-3,6-7,9H2,1H3,(H,16,18,20). The van der Waals surface area contributed by atoms with E-state index in [-0.39, 0.29) is 11.9 Å². The van der Waals surface area contributed by atoms with E-state index in [0.29, 0.717) is 19.3 Å². The van der Waals surface area contributed by atoms with Gasteiger partial charge in [0.15, 0.2) is 0 Å². The first-order valence-corrected chi connectivity index (χ1v) is 8.14. The van der Waals surface area contributed by atoms with Crippen LogP contribution in [0.5, 0.6) is 0 Å². The molecule has 2 heterocycles. The summed E-state index contributed by atoms with van der Waals surface area (Å²) in [5.74, 6) is -0.715. The maximum absolute atomic E-state index is 12.8. The molecule has 1 saturated heterocycles. The van der Waals surface area contributed by atoms with Gasteiger partial charge in [-0.05, 0) is 31.2 Å². The highest BCUT2D eigenvalue weighted by Crippen LogP contribution is 2.42. The molecule has 1 saturated carbocycles. The fraction of sp³-hybridized carbons (Fsp3) is 0.533. The minimum absolute atomic E-state index is 0.248. The molecule has 1 atom stereocenters. The van der Waals surface area contributed by atoms with Crippen LogP contribution in [0.3, 0.4) is 0 Å². The van der Waals surface area contributed by atoms with Crippen molar-refractivity contribution in [3.8, 4) is 0 Å². The molecule has 1 aromatic heterocycles. The Morgan fingerprint density at radius 2 is 2.05 bits per heavy atom. The van der Waals surface area contributed by atoms with Crippen LogP contribution in [0.1, 0.15) is 37.5 Å². The minimum atomic E-state index is -1.00. The molecule has 6 heteroatoms. The average molecular weight is 306 g/mol. The van der Waals surface area contributed by atoms with Crippen LogP contribution in [0.4, 0.5) is 4.79 Å². The number of barbiturate groups is 1. The van der Waals surface area contributed by atoms with Crippen LogP contribution in [0.25, 0.3) is 0 Å². The maximum Gasteiger partial charge on any atom is 0.331 e. The van der Waals surface area contributed by atoms with Gasteiger partial charge in [0.05, 0.1) is 0 Å². The van der Waals surface area contributed by atoms with Gasteiger partial charge in [-0.2, -0.15) is 0 Å². The van der Waals surface area contributed by atoms with Crippen molar-refractivity contribution in [1.82, 2.24) is 10.2 Å². The van der Waals surface area contributed by atoms with Gasteiger partial charge in [0.25, 0.3) is 0 Å². The number of nitrogens with zero attached hydrogens (tertiary/aromatic N) is 1. The lowest BCUT2D eigenvalue weighted by atomic mass is 9.81. The third-order valence-corrected chi connectivity index (χ3v) is 5.38. The molecule has 5 nitrogen and oxygen atoms in total. The quantitative estimate of drug-likeness (QED) is 0.872. The lowest BCUT2D eigenvalue weighted by Gasteiger charge is -2.39. The molecule has 0 radical (unpaired) electrons. The van der Waals surface area contributed by atoms with E-state index < -0.39 is 17.4 Å². The van der Waals surface area contributed by atoms with Crippen molar-refractivity contribution in [1.29, 1.82) is 0 Å². The van der Waals surface area contributed by atoms with Crippen LogP contribution in [0, 0.1) is 5.41 Å². The highest BCUT2D eigenvalue weighted by Gasteiger charge is 2.55. The molecule has 2 fully saturated rings. The zero-order valence-electron chi connectivity index (χ0n) is 11.9. The molecule has 3 rings (SSSR count). The van der Waals surface area contributed by atoms with E-state index in [2.05, 4.69) is 5.32 Å². The van der Waals surface area contributed by atoms with Crippen molar-refractivity contribution in [3.63, 3.8) is 0 Å². The zero-order valence-corrected chi connectivity index (χ0v) is 12.7. The molecule has 2 aliphatic rings. The monoisotopic (exact) mass is 306 g/mol. The summed E-state index contributed by atoms with van der Waals surface area (Å²) in [4.78, 5) is 39.4. The predicted molar refractivity (Wildman–Crippen MR) is 78.8 cm³/mol. The SMILES string of the molecule is CC(Cc1cccs1)N1C(=O)NC(=O)C2(CCCC2)C1=O. The Balaban J connectivity index is 1.84. The van der Waals surface area contributed by atoms with E-state index in [1.807, 2.05) is 24.4 Å². The number of rotatable bonds is 3. The molecule has 21 heavy (non-hydrogen) atoms. The van der Waals surface area contributed by atoms with E-state index in [0.717, 1.165) is 17.7 Å². The molecule has 0 aromatic carbocycles. The van der Waals surface area contributed by atoms with Crippen LogP contribution >= 0.6 is 11.3 Å². The Morgan fingerprint density at radius 1 is 1.33 bits per heavy atom. The molecule has 1 N–H and O–H groups in total. The second-order valence-electron chi connectivity index (χ2n) is 5.86. The van der Waals surface area contributed by atoms with Gasteiger partial charge in [0.2, 0.25) is 11.8 Å². The minimum Gasteiger partial charge on any atom is -0.277 e. The van der Waals surface area contributed by atoms with E-state index in [1.165, 1.54) is 4.90 Å². The summed E-state index contributed by atoms with van der Waals surface area (Å²) in [7, 11) is 0. The lowest BCUT2D eigenvalue weighted by Crippen LogP contribution is -2.65. The molecular formula is C15H18N2O3S. The number of urea groups is 1. The number of carbonyl (C=O) groups is 3.